The third kappa shape index (κ3) is 4.79. The van der Waals surface area contributed by atoms with Crippen molar-refractivity contribution in [2.45, 2.75) is 25.5 Å². The zero-order valence-corrected chi connectivity index (χ0v) is 13.8. The third-order valence-corrected chi connectivity index (χ3v) is 4.74. The van der Waals surface area contributed by atoms with Gasteiger partial charge >= 0.3 is 0 Å². The molecule has 2 amide bonds. The molecule has 2 fully saturated rings. The Balaban J connectivity index is 1.44. The number of carbonyl (C=O) groups excluding carboxylic acids is 2. The van der Waals surface area contributed by atoms with Gasteiger partial charge in [0.15, 0.2) is 0 Å². The maximum atomic E-state index is 12.2. The van der Waals surface area contributed by atoms with Crippen molar-refractivity contribution in [2.75, 3.05) is 26.2 Å². The fraction of sp³-hybridized carbons (Fsp3) is 0.556. The average Bonchev–Trinajstić information content (AvgIpc) is 3.31. The zero-order chi connectivity index (χ0) is 16.9. The summed E-state index contributed by atoms with van der Waals surface area (Å²) in [5.74, 6) is 0.672. The maximum absolute atomic E-state index is 12.2. The monoisotopic (exact) mass is 331 g/mol. The maximum Gasteiger partial charge on any atom is 0.246 e. The highest BCUT2D eigenvalue weighted by Crippen LogP contribution is 2.41. The van der Waals surface area contributed by atoms with E-state index >= 15 is 0 Å². The summed E-state index contributed by atoms with van der Waals surface area (Å²) in [6.45, 7) is 2.27. The molecular formula is C18H25N3O3. The molecule has 1 saturated carbocycles. The highest BCUT2D eigenvalue weighted by molar-refractivity contribution is 5.78. The zero-order valence-electron chi connectivity index (χ0n) is 13.8. The summed E-state index contributed by atoms with van der Waals surface area (Å²) in [4.78, 5) is 25.3. The van der Waals surface area contributed by atoms with Crippen molar-refractivity contribution in [3.63, 3.8) is 0 Å². The highest BCUT2D eigenvalue weighted by Gasteiger charge is 2.43. The van der Waals surface area contributed by atoms with Crippen molar-refractivity contribution in [1.29, 1.82) is 0 Å². The van der Waals surface area contributed by atoms with Crippen molar-refractivity contribution in [3.05, 3.63) is 35.9 Å². The first-order valence-corrected chi connectivity index (χ1v) is 8.53. The number of nitrogens with one attached hydrogen (secondary N) is 1. The number of hydrogen-bond donors (Lipinski definition) is 2. The van der Waals surface area contributed by atoms with Gasteiger partial charge in [0.25, 0.3) is 0 Å². The van der Waals surface area contributed by atoms with Gasteiger partial charge in [0.1, 0.15) is 6.61 Å². The van der Waals surface area contributed by atoms with Gasteiger partial charge in [-0.2, -0.15) is 0 Å². The molecule has 0 bridgehead atoms. The van der Waals surface area contributed by atoms with E-state index in [4.69, 9.17) is 10.5 Å². The summed E-state index contributed by atoms with van der Waals surface area (Å²) in [5.41, 5.74) is 6.34. The van der Waals surface area contributed by atoms with E-state index in [0.29, 0.717) is 25.0 Å². The van der Waals surface area contributed by atoms with Crippen molar-refractivity contribution >= 4 is 11.8 Å². The summed E-state index contributed by atoms with van der Waals surface area (Å²) in [7, 11) is 0. The summed E-state index contributed by atoms with van der Waals surface area (Å²) >= 11 is 0. The van der Waals surface area contributed by atoms with Crippen LogP contribution < -0.4 is 11.1 Å². The molecule has 1 heterocycles. The van der Waals surface area contributed by atoms with Crippen LogP contribution in [0.1, 0.15) is 18.4 Å². The Morgan fingerprint density at radius 2 is 1.96 bits per heavy atom. The van der Waals surface area contributed by atoms with E-state index in [1.165, 1.54) is 12.8 Å². The lowest BCUT2D eigenvalue weighted by Gasteiger charge is -2.19. The second-order valence-electron chi connectivity index (χ2n) is 6.81. The molecule has 3 N–H and O–H groups in total. The minimum Gasteiger partial charge on any atom is -0.369 e. The Bertz CT molecular complexity index is 574. The molecule has 24 heavy (non-hydrogen) atoms. The van der Waals surface area contributed by atoms with Crippen LogP contribution in [0.4, 0.5) is 0 Å². The summed E-state index contributed by atoms with van der Waals surface area (Å²) in [6, 6.07) is 9.88. The molecule has 0 spiro atoms. The van der Waals surface area contributed by atoms with Crippen LogP contribution >= 0.6 is 0 Å². The lowest BCUT2D eigenvalue weighted by molar-refractivity contribution is -0.127. The second kappa shape index (κ2) is 7.77. The first-order chi connectivity index (χ1) is 11.6. The van der Waals surface area contributed by atoms with Crippen LogP contribution in [-0.2, 0) is 20.9 Å². The van der Waals surface area contributed by atoms with Gasteiger partial charge in [-0.15, -0.1) is 0 Å². The van der Waals surface area contributed by atoms with Gasteiger partial charge in [-0.05, 0) is 30.2 Å². The number of primary amides is 1. The van der Waals surface area contributed by atoms with Gasteiger partial charge in [-0.25, -0.2) is 0 Å². The Morgan fingerprint density at radius 1 is 1.21 bits per heavy atom. The topological polar surface area (TPSA) is 84.7 Å². The predicted octanol–water partition coefficient (Wildman–Crippen LogP) is 0.515. The number of nitrogens with two attached hydrogens (primary N) is 1. The van der Waals surface area contributed by atoms with E-state index in [1.807, 2.05) is 35.2 Å². The molecule has 0 unspecified atom stereocenters. The Hall–Kier alpha value is -1.92. The SMILES string of the molecule is NC(=O)CN1C[C@@H](NC(=O)COCc2ccccc2)[C@H](C2CC2)C1. The van der Waals surface area contributed by atoms with Crippen LogP contribution in [-0.4, -0.2) is 49.0 Å². The van der Waals surface area contributed by atoms with Gasteiger partial charge in [-0.3, -0.25) is 14.5 Å². The molecule has 1 aliphatic carbocycles. The number of amides is 2. The Morgan fingerprint density at radius 3 is 2.62 bits per heavy atom. The van der Waals surface area contributed by atoms with Crippen molar-refractivity contribution in [1.82, 2.24) is 10.2 Å². The van der Waals surface area contributed by atoms with E-state index in [-0.39, 0.29) is 31.0 Å². The Kier molecular flexibility index (Phi) is 5.48. The molecular weight excluding hydrogens is 306 g/mol. The average molecular weight is 331 g/mol. The number of hydrogen-bond acceptors (Lipinski definition) is 4. The van der Waals surface area contributed by atoms with Crippen LogP contribution in [0.2, 0.25) is 0 Å². The fourth-order valence-electron chi connectivity index (χ4n) is 3.50. The van der Waals surface area contributed by atoms with Crippen LogP contribution in [0.25, 0.3) is 0 Å². The molecule has 130 valence electrons. The molecule has 0 radical (unpaired) electrons. The third-order valence-electron chi connectivity index (χ3n) is 4.74. The van der Waals surface area contributed by atoms with E-state index in [2.05, 4.69) is 5.32 Å². The first kappa shape index (κ1) is 16.9. The van der Waals surface area contributed by atoms with Crippen LogP contribution in [0.5, 0.6) is 0 Å². The van der Waals surface area contributed by atoms with Crippen molar-refractivity contribution in [2.24, 2.45) is 17.6 Å². The summed E-state index contributed by atoms with van der Waals surface area (Å²) < 4.78 is 5.49. The van der Waals surface area contributed by atoms with Crippen LogP contribution in [0.15, 0.2) is 30.3 Å². The van der Waals surface area contributed by atoms with E-state index in [1.54, 1.807) is 0 Å². The molecule has 2 aliphatic rings. The van der Waals surface area contributed by atoms with Gasteiger partial charge in [0, 0.05) is 19.1 Å². The second-order valence-corrected chi connectivity index (χ2v) is 6.81. The predicted molar refractivity (Wildman–Crippen MR) is 89.9 cm³/mol. The minimum absolute atomic E-state index is 0.0542. The number of ether oxygens (including phenoxy) is 1. The Labute approximate surface area is 142 Å². The van der Waals surface area contributed by atoms with Crippen molar-refractivity contribution < 1.29 is 14.3 Å². The molecule has 0 aromatic heterocycles. The normalized spacial score (nSPS) is 24.0. The lowest BCUT2D eigenvalue weighted by atomic mass is 9.98. The highest BCUT2D eigenvalue weighted by atomic mass is 16.5. The molecule has 1 saturated heterocycles. The number of rotatable bonds is 8. The smallest absolute Gasteiger partial charge is 0.246 e. The molecule has 2 atom stereocenters. The van der Waals surface area contributed by atoms with Crippen LogP contribution in [0.3, 0.4) is 0 Å². The van der Waals surface area contributed by atoms with E-state index < -0.39 is 0 Å². The molecule has 3 rings (SSSR count). The number of carbonyl (C=O) groups is 2. The molecule has 6 nitrogen and oxygen atoms in total. The molecule has 6 heteroatoms. The van der Waals surface area contributed by atoms with Crippen LogP contribution in [0, 0.1) is 11.8 Å². The van der Waals surface area contributed by atoms with E-state index in [9.17, 15) is 9.59 Å². The first-order valence-electron chi connectivity index (χ1n) is 8.53. The van der Waals surface area contributed by atoms with Gasteiger partial charge in [0.05, 0.1) is 13.2 Å². The van der Waals surface area contributed by atoms with Gasteiger partial charge < -0.3 is 15.8 Å². The summed E-state index contributed by atoms with van der Waals surface area (Å²) in [6.07, 6.45) is 2.43. The lowest BCUT2D eigenvalue weighted by Crippen LogP contribution is -2.43. The van der Waals surface area contributed by atoms with Crippen molar-refractivity contribution in [3.8, 4) is 0 Å². The molecule has 1 aromatic rings. The summed E-state index contributed by atoms with van der Waals surface area (Å²) in [5, 5.41) is 3.08. The van der Waals surface area contributed by atoms with Gasteiger partial charge in [-0.1, -0.05) is 30.3 Å². The standard InChI is InChI=1S/C18H25N3O3/c19-17(22)10-21-8-15(14-6-7-14)16(9-21)20-18(23)12-24-11-13-4-2-1-3-5-13/h1-5,14-16H,6-12H2,(H2,19,22)(H,20,23)/t15-,16+/m0/s1. The largest absolute Gasteiger partial charge is 0.369 e. The van der Waals surface area contributed by atoms with E-state index in [0.717, 1.165) is 12.1 Å². The molecule has 1 aliphatic heterocycles. The number of benzene rings is 1. The minimum atomic E-state index is -0.317. The van der Waals surface area contributed by atoms with Gasteiger partial charge in [0.2, 0.25) is 11.8 Å². The quantitative estimate of drug-likeness (QED) is 0.727. The number of likely N-dealkylation sites (tertiary alicyclic amines) is 1. The number of nitrogens with zero attached hydrogens (tertiary/aromatic N) is 1. The fourth-order valence-corrected chi connectivity index (χ4v) is 3.50. The molecule has 1 aromatic carbocycles.